The molecule has 11 heavy (non-hydrogen) atoms. The number of hydrogen-bond acceptors (Lipinski definition) is 3. The van der Waals surface area contributed by atoms with E-state index in [0.29, 0.717) is 13.1 Å². The summed E-state index contributed by atoms with van der Waals surface area (Å²) in [6.45, 7) is 8.58. The average Bonchev–Trinajstić information content (AvgIpc) is 1.53. The third-order valence-electron chi connectivity index (χ3n) is 1.11. The molecule has 2 nitrogen and oxygen atoms in total. The Morgan fingerprint density at radius 2 is 2.09 bits per heavy atom. The molecule has 0 fully saturated rings. The molecule has 0 saturated heterocycles. The van der Waals surface area contributed by atoms with Crippen LogP contribution in [-0.2, 0) is 0 Å². The van der Waals surface area contributed by atoms with Crippen LogP contribution in [0.4, 0.5) is 0 Å². The van der Waals surface area contributed by atoms with E-state index < -0.39 is 5.60 Å². The van der Waals surface area contributed by atoms with Crippen LogP contribution in [0.25, 0.3) is 0 Å². The molecule has 0 amide bonds. The molecule has 0 unspecified atom stereocenters. The van der Waals surface area contributed by atoms with Gasteiger partial charge >= 0.3 is 0 Å². The molecule has 0 saturated carbocycles. The number of likely N-dealkylation sites (N-methyl/N-ethyl adjacent to an activating group) is 1. The van der Waals surface area contributed by atoms with Crippen LogP contribution in [0.2, 0.25) is 0 Å². The molecule has 3 heteroatoms. The van der Waals surface area contributed by atoms with Crippen molar-refractivity contribution in [2.75, 3.05) is 20.1 Å². The minimum absolute atomic E-state index is 0.632. The van der Waals surface area contributed by atoms with Gasteiger partial charge in [-0.2, -0.15) is 0 Å². The van der Waals surface area contributed by atoms with Crippen molar-refractivity contribution in [3.05, 3.63) is 11.5 Å². The van der Waals surface area contributed by atoms with Crippen LogP contribution >= 0.6 is 12.6 Å². The fourth-order valence-electron chi connectivity index (χ4n) is 1.03. The highest BCUT2D eigenvalue weighted by Crippen LogP contribution is 2.05. The van der Waals surface area contributed by atoms with E-state index in [4.69, 9.17) is 0 Å². The van der Waals surface area contributed by atoms with Gasteiger partial charge in [-0.05, 0) is 25.8 Å². The first-order chi connectivity index (χ1) is 4.81. The molecule has 1 N–H and O–H groups in total. The van der Waals surface area contributed by atoms with Crippen LogP contribution in [0.3, 0.4) is 0 Å². The summed E-state index contributed by atoms with van der Waals surface area (Å²) < 4.78 is 0. The topological polar surface area (TPSA) is 23.5 Å². The quantitative estimate of drug-likeness (QED) is 0.626. The highest BCUT2D eigenvalue weighted by Gasteiger charge is 2.14. The molecule has 0 aliphatic carbocycles. The number of nitrogens with zero attached hydrogens (tertiary/aromatic N) is 1. The van der Waals surface area contributed by atoms with Crippen molar-refractivity contribution < 1.29 is 5.11 Å². The molecule has 0 atom stereocenters. The molecular formula is C8H17NOS. The Labute approximate surface area is 74.3 Å². The van der Waals surface area contributed by atoms with Gasteiger partial charge < -0.3 is 5.11 Å². The lowest BCUT2D eigenvalue weighted by Gasteiger charge is -2.25. The van der Waals surface area contributed by atoms with E-state index in [2.05, 4.69) is 19.2 Å². The first-order valence-electron chi connectivity index (χ1n) is 3.59. The number of rotatable bonds is 4. The van der Waals surface area contributed by atoms with Gasteiger partial charge in [0.1, 0.15) is 0 Å². The molecule has 0 spiro atoms. The van der Waals surface area contributed by atoms with Crippen LogP contribution in [0, 0.1) is 0 Å². The minimum Gasteiger partial charge on any atom is -0.389 e. The summed E-state index contributed by atoms with van der Waals surface area (Å²) in [4.78, 5) is 2.80. The van der Waals surface area contributed by atoms with Gasteiger partial charge in [0.2, 0.25) is 0 Å². The normalized spacial score (nSPS) is 12.2. The third-order valence-corrected chi connectivity index (χ3v) is 1.25. The highest BCUT2D eigenvalue weighted by molar-refractivity contribution is 7.84. The Morgan fingerprint density at radius 3 is 2.36 bits per heavy atom. The van der Waals surface area contributed by atoms with Crippen LogP contribution in [0.15, 0.2) is 11.5 Å². The predicted molar refractivity (Wildman–Crippen MR) is 51.9 cm³/mol. The van der Waals surface area contributed by atoms with Crippen molar-refractivity contribution in [3.8, 4) is 0 Å². The fourth-order valence-corrected chi connectivity index (χ4v) is 1.27. The minimum atomic E-state index is -0.641. The second-order valence-electron chi connectivity index (χ2n) is 3.55. The zero-order chi connectivity index (χ0) is 9.07. The molecular weight excluding hydrogens is 158 g/mol. The molecule has 0 bridgehead atoms. The largest absolute Gasteiger partial charge is 0.389 e. The molecule has 0 aromatic rings. The van der Waals surface area contributed by atoms with Gasteiger partial charge in [-0.25, -0.2) is 0 Å². The Balaban J connectivity index is 3.69. The molecule has 0 aliphatic heterocycles. The Bertz CT molecular complexity index is 140. The summed E-state index contributed by atoms with van der Waals surface area (Å²) in [5.74, 6) is 0. The zero-order valence-corrected chi connectivity index (χ0v) is 8.36. The van der Waals surface area contributed by atoms with Crippen LogP contribution in [0.1, 0.15) is 13.8 Å². The van der Waals surface area contributed by atoms with Crippen molar-refractivity contribution in [1.29, 1.82) is 0 Å². The molecule has 0 aromatic heterocycles. The van der Waals surface area contributed by atoms with Gasteiger partial charge in [-0.15, -0.1) is 12.6 Å². The molecule has 0 rings (SSSR count). The smallest absolute Gasteiger partial charge is 0.0718 e. The summed E-state index contributed by atoms with van der Waals surface area (Å²) in [5.41, 5.74) is -0.641. The number of thiol groups is 1. The molecule has 0 radical (unpaired) electrons. The lowest BCUT2D eigenvalue weighted by atomic mass is 10.1. The van der Waals surface area contributed by atoms with E-state index in [-0.39, 0.29) is 0 Å². The third kappa shape index (κ3) is 7.91. The Morgan fingerprint density at radius 1 is 1.64 bits per heavy atom. The van der Waals surface area contributed by atoms with E-state index in [9.17, 15) is 5.11 Å². The van der Waals surface area contributed by atoms with Crippen molar-refractivity contribution in [3.63, 3.8) is 0 Å². The number of aliphatic hydroxyl groups is 1. The molecule has 0 aromatic carbocycles. The summed E-state index contributed by atoms with van der Waals surface area (Å²) in [6.07, 6.45) is 0. The van der Waals surface area contributed by atoms with Gasteiger partial charge in [0, 0.05) is 13.1 Å². The maximum absolute atomic E-state index is 9.40. The van der Waals surface area contributed by atoms with Crippen LogP contribution in [0.5, 0.6) is 0 Å². The predicted octanol–water partition coefficient (Wildman–Crippen LogP) is 1.13. The number of hydrogen-bond donors (Lipinski definition) is 2. The van der Waals surface area contributed by atoms with E-state index in [1.165, 1.54) is 0 Å². The Hall–Kier alpha value is 0.01000. The van der Waals surface area contributed by atoms with Gasteiger partial charge in [0.25, 0.3) is 0 Å². The Kier molecular flexibility index (Phi) is 4.14. The first-order valence-corrected chi connectivity index (χ1v) is 4.03. The fraction of sp³-hybridized carbons (Fsp3) is 0.750. The maximum Gasteiger partial charge on any atom is 0.0718 e. The zero-order valence-electron chi connectivity index (χ0n) is 7.46. The van der Waals surface area contributed by atoms with Crippen molar-refractivity contribution in [2.24, 2.45) is 0 Å². The highest BCUT2D eigenvalue weighted by atomic mass is 32.1. The van der Waals surface area contributed by atoms with Crippen molar-refractivity contribution >= 4 is 12.6 Å². The van der Waals surface area contributed by atoms with Gasteiger partial charge in [-0.3, -0.25) is 4.90 Å². The van der Waals surface area contributed by atoms with E-state index in [1.807, 2.05) is 11.9 Å². The van der Waals surface area contributed by atoms with Crippen LogP contribution in [-0.4, -0.2) is 35.7 Å². The first kappa shape index (κ1) is 11.0. The molecule has 0 heterocycles. The molecule has 66 valence electrons. The van der Waals surface area contributed by atoms with Gasteiger partial charge in [0.15, 0.2) is 0 Å². The lowest BCUT2D eigenvalue weighted by Crippen LogP contribution is -2.36. The van der Waals surface area contributed by atoms with E-state index in [1.54, 1.807) is 13.8 Å². The monoisotopic (exact) mass is 175 g/mol. The van der Waals surface area contributed by atoms with Crippen molar-refractivity contribution in [2.45, 2.75) is 19.4 Å². The summed E-state index contributed by atoms with van der Waals surface area (Å²) in [5, 5.41) is 9.40. The summed E-state index contributed by atoms with van der Waals surface area (Å²) >= 11 is 4.07. The second kappa shape index (κ2) is 4.14. The van der Waals surface area contributed by atoms with Crippen molar-refractivity contribution in [1.82, 2.24) is 4.90 Å². The van der Waals surface area contributed by atoms with Gasteiger partial charge in [-0.1, -0.05) is 6.58 Å². The van der Waals surface area contributed by atoms with Crippen LogP contribution < -0.4 is 0 Å². The lowest BCUT2D eigenvalue weighted by molar-refractivity contribution is 0.0477. The second-order valence-corrected chi connectivity index (χ2v) is 4.18. The average molecular weight is 175 g/mol. The SMILES string of the molecule is C=C(S)CN(C)CC(C)(C)O. The van der Waals surface area contributed by atoms with Gasteiger partial charge in [0.05, 0.1) is 5.60 Å². The van der Waals surface area contributed by atoms with E-state index >= 15 is 0 Å². The standard InChI is InChI=1S/C8H17NOS/c1-7(11)5-9(4)6-8(2,3)10/h10-11H,1,5-6H2,2-4H3. The molecule has 0 aliphatic rings. The maximum atomic E-state index is 9.40. The van der Waals surface area contributed by atoms with E-state index in [0.717, 1.165) is 4.91 Å². The summed E-state index contributed by atoms with van der Waals surface area (Å²) in [7, 11) is 1.93. The summed E-state index contributed by atoms with van der Waals surface area (Å²) in [6, 6.07) is 0.